The second-order valence-electron chi connectivity index (χ2n) is 5.80. The lowest BCUT2D eigenvalue weighted by atomic mass is 10.2. The van der Waals surface area contributed by atoms with Gasteiger partial charge in [-0.2, -0.15) is 0 Å². The number of aryl methyl sites for hydroxylation is 1. The summed E-state index contributed by atoms with van der Waals surface area (Å²) in [4.78, 5) is 8.79. The number of nitrogens with one attached hydrogen (secondary N) is 1. The number of nitrogens with zero attached hydrogens (tertiary/aromatic N) is 2. The normalized spacial score (nSPS) is 17.3. The maximum atomic E-state index is 4.75. The molecule has 114 valence electrons. The second-order valence-corrected chi connectivity index (χ2v) is 6.97. The van der Waals surface area contributed by atoms with Crippen LogP contribution in [0.4, 0.5) is 0 Å². The summed E-state index contributed by atoms with van der Waals surface area (Å²) in [5.74, 6) is 0. The zero-order valence-electron chi connectivity index (χ0n) is 13.1. The van der Waals surface area contributed by atoms with Crippen LogP contribution < -0.4 is 5.32 Å². The van der Waals surface area contributed by atoms with Gasteiger partial charge in [-0.05, 0) is 45.8 Å². The number of aromatic nitrogens is 1. The van der Waals surface area contributed by atoms with Crippen LogP contribution in [-0.2, 0) is 13.0 Å². The topological polar surface area (TPSA) is 28.2 Å². The Kier molecular flexibility index (Phi) is 6.97. The first-order valence-corrected chi connectivity index (χ1v) is 8.99. The minimum atomic E-state index is 0.987. The third-order valence-electron chi connectivity index (χ3n) is 3.99. The summed E-state index contributed by atoms with van der Waals surface area (Å²) in [5.41, 5.74) is 1.23. The highest BCUT2D eigenvalue weighted by atomic mass is 32.1. The van der Waals surface area contributed by atoms with E-state index in [9.17, 15) is 0 Å². The van der Waals surface area contributed by atoms with Gasteiger partial charge in [-0.1, -0.05) is 19.8 Å². The van der Waals surface area contributed by atoms with Gasteiger partial charge in [0.2, 0.25) is 0 Å². The molecule has 1 aromatic heterocycles. The Hall–Kier alpha value is -0.450. The van der Waals surface area contributed by atoms with Gasteiger partial charge < -0.3 is 10.2 Å². The molecule has 2 heterocycles. The van der Waals surface area contributed by atoms with E-state index in [-0.39, 0.29) is 0 Å². The van der Waals surface area contributed by atoms with Crippen LogP contribution >= 0.6 is 11.3 Å². The Morgan fingerprint density at radius 1 is 1.20 bits per heavy atom. The van der Waals surface area contributed by atoms with E-state index in [0.717, 1.165) is 19.5 Å². The average molecular weight is 295 g/mol. The highest BCUT2D eigenvalue weighted by Crippen LogP contribution is 2.19. The van der Waals surface area contributed by atoms with Crippen LogP contribution in [-0.4, -0.2) is 36.1 Å². The van der Waals surface area contributed by atoms with Crippen molar-refractivity contribution in [2.45, 2.75) is 58.9 Å². The molecular weight excluding hydrogens is 266 g/mol. The van der Waals surface area contributed by atoms with Gasteiger partial charge in [-0.15, -0.1) is 11.3 Å². The molecule has 1 fully saturated rings. The summed E-state index contributed by atoms with van der Waals surface area (Å²) in [5, 5.41) is 4.80. The Bertz CT molecular complexity index is 381. The zero-order valence-corrected chi connectivity index (χ0v) is 13.9. The third-order valence-corrected chi connectivity index (χ3v) is 5.21. The van der Waals surface area contributed by atoms with E-state index < -0.39 is 0 Å². The first-order valence-electron chi connectivity index (χ1n) is 8.18. The van der Waals surface area contributed by atoms with Crippen molar-refractivity contribution in [1.29, 1.82) is 0 Å². The Balaban J connectivity index is 1.78. The molecule has 0 saturated carbocycles. The van der Waals surface area contributed by atoms with Crippen molar-refractivity contribution >= 4 is 11.3 Å². The molecule has 0 amide bonds. The van der Waals surface area contributed by atoms with E-state index >= 15 is 0 Å². The molecule has 0 radical (unpaired) electrons. The molecule has 0 aromatic carbocycles. The Labute approximate surface area is 127 Å². The van der Waals surface area contributed by atoms with Crippen LogP contribution in [0.2, 0.25) is 0 Å². The molecule has 0 spiro atoms. The number of thiazole rings is 1. The van der Waals surface area contributed by atoms with E-state index in [1.54, 1.807) is 0 Å². The molecule has 1 aromatic rings. The number of hydrogen-bond donors (Lipinski definition) is 1. The Morgan fingerprint density at radius 2 is 1.95 bits per heavy atom. The van der Waals surface area contributed by atoms with Gasteiger partial charge in [0.1, 0.15) is 0 Å². The van der Waals surface area contributed by atoms with Crippen molar-refractivity contribution in [3.8, 4) is 0 Å². The molecule has 1 N–H and O–H groups in total. The van der Waals surface area contributed by atoms with Crippen molar-refractivity contribution < 1.29 is 0 Å². The molecule has 0 atom stereocenters. The predicted molar refractivity (Wildman–Crippen MR) is 87.5 cm³/mol. The summed E-state index contributed by atoms with van der Waals surface area (Å²) in [7, 11) is 0. The van der Waals surface area contributed by atoms with Crippen molar-refractivity contribution in [1.82, 2.24) is 15.2 Å². The molecule has 3 nitrogen and oxygen atoms in total. The molecule has 2 rings (SSSR count). The fourth-order valence-electron chi connectivity index (χ4n) is 2.75. The minimum Gasteiger partial charge on any atom is -0.312 e. The van der Waals surface area contributed by atoms with Gasteiger partial charge in [-0.25, -0.2) is 4.98 Å². The summed E-state index contributed by atoms with van der Waals surface area (Å²) in [6, 6.07) is 0. The summed E-state index contributed by atoms with van der Waals surface area (Å²) >= 11 is 1.90. The largest absolute Gasteiger partial charge is 0.312 e. The Morgan fingerprint density at radius 3 is 2.65 bits per heavy atom. The quantitative estimate of drug-likeness (QED) is 0.782. The van der Waals surface area contributed by atoms with Gasteiger partial charge in [0, 0.05) is 24.4 Å². The van der Waals surface area contributed by atoms with E-state index in [1.165, 1.54) is 67.3 Å². The molecule has 20 heavy (non-hydrogen) atoms. The van der Waals surface area contributed by atoms with E-state index in [2.05, 4.69) is 24.1 Å². The summed E-state index contributed by atoms with van der Waals surface area (Å²) in [6.07, 6.45) is 7.91. The van der Waals surface area contributed by atoms with Crippen molar-refractivity contribution in [2.75, 3.05) is 26.2 Å². The maximum Gasteiger partial charge on any atom is 0.0944 e. The fraction of sp³-hybridized carbons (Fsp3) is 0.812. The number of hydrogen-bond acceptors (Lipinski definition) is 4. The zero-order chi connectivity index (χ0) is 14.2. The van der Waals surface area contributed by atoms with Gasteiger partial charge in [0.25, 0.3) is 0 Å². The molecular formula is C16H29N3S. The number of likely N-dealkylation sites (tertiary alicyclic amines) is 1. The lowest BCUT2D eigenvalue weighted by Gasteiger charge is -2.18. The van der Waals surface area contributed by atoms with Crippen molar-refractivity contribution in [3.63, 3.8) is 0 Å². The molecule has 0 aliphatic carbocycles. The fourth-order valence-corrected chi connectivity index (χ4v) is 3.78. The molecule has 1 saturated heterocycles. The third kappa shape index (κ3) is 5.15. The minimum absolute atomic E-state index is 0.987. The van der Waals surface area contributed by atoms with E-state index in [1.807, 2.05) is 11.3 Å². The van der Waals surface area contributed by atoms with Gasteiger partial charge in [0.05, 0.1) is 10.7 Å². The van der Waals surface area contributed by atoms with Crippen LogP contribution in [0.3, 0.4) is 0 Å². The molecule has 1 aliphatic rings. The SMILES string of the molecule is CCCNCc1sc(CCN2CCCCCC2)nc1C. The van der Waals surface area contributed by atoms with Crippen molar-refractivity contribution in [3.05, 3.63) is 15.6 Å². The highest BCUT2D eigenvalue weighted by Gasteiger charge is 2.11. The van der Waals surface area contributed by atoms with Crippen LogP contribution in [0.15, 0.2) is 0 Å². The van der Waals surface area contributed by atoms with Gasteiger partial charge in [0.15, 0.2) is 0 Å². The number of rotatable bonds is 7. The molecule has 0 bridgehead atoms. The van der Waals surface area contributed by atoms with Crippen LogP contribution in [0.1, 0.15) is 54.6 Å². The van der Waals surface area contributed by atoms with Gasteiger partial charge >= 0.3 is 0 Å². The maximum absolute atomic E-state index is 4.75. The van der Waals surface area contributed by atoms with Crippen LogP contribution in [0, 0.1) is 6.92 Å². The van der Waals surface area contributed by atoms with Crippen LogP contribution in [0.25, 0.3) is 0 Å². The summed E-state index contributed by atoms with van der Waals surface area (Å²) < 4.78 is 0. The van der Waals surface area contributed by atoms with Gasteiger partial charge in [-0.3, -0.25) is 0 Å². The van der Waals surface area contributed by atoms with E-state index in [0.29, 0.717) is 0 Å². The first-order chi connectivity index (χ1) is 9.79. The molecule has 1 aliphatic heterocycles. The smallest absolute Gasteiger partial charge is 0.0944 e. The summed E-state index contributed by atoms with van der Waals surface area (Å²) in [6.45, 7) is 10.2. The lowest BCUT2D eigenvalue weighted by Crippen LogP contribution is -2.26. The van der Waals surface area contributed by atoms with Crippen molar-refractivity contribution in [2.24, 2.45) is 0 Å². The predicted octanol–water partition coefficient (Wildman–Crippen LogP) is 3.37. The lowest BCUT2D eigenvalue weighted by molar-refractivity contribution is 0.288. The van der Waals surface area contributed by atoms with E-state index in [4.69, 9.17) is 4.98 Å². The average Bonchev–Trinajstić information content (AvgIpc) is 2.66. The standard InChI is InChI=1S/C16H29N3S/c1-3-9-17-13-15-14(2)18-16(20-15)8-12-19-10-6-4-5-7-11-19/h17H,3-13H2,1-2H3. The monoisotopic (exact) mass is 295 g/mol. The highest BCUT2D eigenvalue weighted by molar-refractivity contribution is 7.11. The second kappa shape index (κ2) is 8.75. The first kappa shape index (κ1) is 15.9. The molecule has 0 unspecified atom stereocenters. The van der Waals surface area contributed by atoms with Crippen LogP contribution in [0.5, 0.6) is 0 Å². The molecule has 4 heteroatoms.